The second-order valence-corrected chi connectivity index (χ2v) is 7.55. The summed E-state index contributed by atoms with van der Waals surface area (Å²) in [5, 5.41) is 4.38. The lowest BCUT2D eigenvalue weighted by Crippen LogP contribution is -2.25. The predicted molar refractivity (Wildman–Crippen MR) is 115 cm³/mol. The van der Waals surface area contributed by atoms with Crippen LogP contribution in [-0.2, 0) is 13.6 Å². The minimum atomic E-state index is -1.40. The number of fused-ring (bicyclic) bond motifs is 1. The first-order valence-electron chi connectivity index (χ1n) is 9.89. The standard InChI is InChI=1S/C22H15F4N7O/c1-31-7-13(18-20(27)28-9-29-21(18)31)12-3-2-11(6-17(12)25)33-22(34)32(10-30-33)8-14-15(23)4-5-16(24)19(14)26/h2-7,9-10H,8H2,1H3,(H2,27,28,29). The van der Waals surface area contributed by atoms with Gasteiger partial charge in [-0.3, -0.25) is 4.57 Å². The molecule has 5 aromatic rings. The smallest absolute Gasteiger partial charge is 0.350 e. The van der Waals surface area contributed by atoms with Crippen molar-refractivity contribution in [3.63, 3.8) is 0 Å². The van der Waals surface area contributed by atoms with E-state index >= 15 is 4.39 Å². The van der Waals surface area contributed by atoms with E-state index in [-0.39, 0.29) is 17.1 Å². The molecule has 2 aromatic carbocycles. The first-order valence-corrected chi connectivity index (χ1v) is 9.89. The van der Waals surface area contributed by atoms with Gasteiger partial charge in [0.05, 0.1) is 17.6 Å². The average molecular weight is 469 g/mol. The van der Waals surface area contributed by atoms with Crippen LogP contribution in [0.5, 0.6) is 0 Å². The van der Waals surface area contributed by atoms with Crippen molar-refractivity contribution in [2.24, 2.45) is 7.05 Å². The Kier molecular flexibility index (Phi) is 4.92. The number of halogens is 4. The summed E-state index contributed by atoms with van der Waals surface area (Å²) in [5.74, 6) is -4.12. The molecule has 0 aliphatic rings. The molecular weight excluding hydrogens is 454 g/mol. The van der Waals surface area contributed by atoms with Gasteiger partial charge in [0.25, 0.3) is 0 Å². The number of anilines is 1. The van der Waals surface area contributed by atoms with Gasteiger partial charge in [0.2, 0.25) is 0 Å². The molecule has 8 nitrogen and oxygen atoms in total. The molecule has 0 fully saturated rings. The molecule has 0 saturated heterocycles. The number of hydrogen-bond donors (Lipinski definition) is 1. The van der Waals surface area contributed by atoms with Gasteiger partial charge in [-0.05, 0) is 24.3 Å². The second-order valence-electron chi connectivity index (χ2n) is 7.55. The summed E-state index contributed by atoms with van der Waals surface area (Å²) in [6, 6.07) is 5.42. The molecular formula is C22H15F4N7O. The summed E-state index contributed by atoms with van der Waals surface area (Å²) in [4.78, 5) is 20.9. The van der Waals surface area contributed by atoms with E-state index in [2.05, 4.69) is 15.1 Å². The molecule has 34 heavy (non-hydrogen) atoms. The van der Waals surface area contributed by atoms with Crippen molar-refractivity contribution >= 4 is 16.9 Å². The fraction of sp³-hybridized carbons (Fsp3) is 0.0909. The van der Waals surface area contributed by atoms with Gasteiger partial charge in [-0.15, -0.1) is 0 Å². The number of hydrogen-bond acceptors (Lipinski definition) is 5. The molecule has 0 atom stereocenters. The highest BCUT2D eigenvalue weighted by Crippen LogP contribution is 2.34. The maximum atomic E-state index is 15.1. The molecule has 5 rings (SSSR count). The van der Waals surface area contributed by atoms with Gasteiger partial charge in [0.15, 0.2) is 11.6 Å². The lowest BCUT2D eigenvalue weighted by Gasteiger charge is -2.07. The molecule has 12 heteroatoms. The third-order valence-corrected chi connectivity index (χ3v) is 5.47. The van der Waals surface area contributed by atoms with E-state index in [1.54, 1.807) is 17.8 Å². The number of nitrogens with two attached hydrogens (primary N) is 1. The van der Waals surface area contributed by atoms with Gasteiger partial charge in [0.1, 0.15) is 35.8 Å². The third kappa shape index (κ3) is 3.31. The van der Waals surface area contributed by atoms with Crippen molar-refractivity contribution in [1.82, 2.24) is 28.9 Å². The number of rotatable bonds is 4. The van der Waals surface area contributed by atoms with Crippen LogP contribution >= 0.6 is 0 Å². The number of nitrogen functional groups attached to an aromatic ring is 1. The highest BCUT2D eigenvalue weighted by molar-refractivity contribution is 6.00. The van der Waals surface area contributed by atoms with E-state index in [1.165, 1.54) is 18.5 Å². The Hall–Kier alpha value is -4.48. The molecule has 0 amide bonds. The molecule has 0 aliphatic carbocycles. The summed E-state index contributed by atoms with van der Waals surface area (Å²) in [6.45, 7) is -0.593. The molecule has 0 saturated carbocycles. The topological polar surface area (TPSA) is 96.5 Å². The van der Waals surface area contributed by atoms with E-state index in [0.29, 0.717) is 22.7 Å². The monoisotopic (exact) mass is 469 g/mol. The van der Waals surface area contributed by atoms with Crippen LogP contribution in [0.3, 0.4) is 0 Å². The van der Waals surface area contributed by atoms with E-state index in [9.17, 15) is 18.0 Å². The maximum Gasteiger partial charge on any atom is 0.350 e. The van der Waals surface area contributed by atoms with Crippen LogP contribution in [0.25, 0.3) is 27.8 Å². The minimum absolute atomic E-state index is 0.0784. The third-order valence-electron chi connectivity index (χ3n) is 5.47. The van der Waals surface area contributed by atoms with Gasteiger partial charge < -0.3 is 10.3 Å². The Balaban J connectivity index is 1.53. The lowest BCUT2D eigenvalue weighted by molar-refractivity contribution is 0.473. The van der Waals surface area contributed by atoms with Gasteiger partial charge in [-0.25, -0.2) is 32.3 Å². The average Bonchev–Trinajstić information content (AvgIpc) is 3.34. The Morgan fingerprint density at radius 2 is 1.74 bits per heavy atom. The van der Waals surface area contributed by atoms with Crippen molar-refractivity contribution in [3.8, 4) is 16.8 Å². The van der Waals surface area contributed by atoms with Gasteiger partial charge in [-0.1, -0.05) is 0 Å². The quantitative estimate of drug-likeness (QED) is 0.322. The van der Waals surface area contributed by atoms with Gasteiger partial charge in [-0.2, -0.15) is 9.78 Å². The van der Waals surface area contributed by atoms with Crippen molar-refractivity contribution in [2.45, 2.75) is 6.54 Å². The van der Waals surface area contributed by atoms with E-state index in [4.69, 9.17) is 5.73 Å². The molecule has 0 bridgehead atoms. The van der Waals surface area contributed by atoms with Crippen LogP contribution < -0.4 is 11.4 Å². The zero-order valence-corrected chi connectivity index (χ0v) is 17.5. The maximum absolute atomic E-state index is 15.1. The molecule has 172 valence electrons. The summed E-state index contributed by atoms with van der Waals surface area (Å²) in [7, 11) is 1.74. The Morgan fingerprint density at radius 3 is 2.50 bits per heavy atom. The van der Waals surface area contributed by atoms with Crippen LogP contribution in [0.15, 0.2) is 54.0 Å². The summed E-state index contributed by atoms with van der Waals surface area (Å²) in [5.41, 5.74) is 5.83. The second kappa shape index (κ2) is 7.83. The Labute approximate surface area is 188 Å². The molecule has 0 radical (unpaired) electrons. The first-order chi connectivity index (χ1) is 16.3. The molecule has 3 aromatic heterocycles. The van der Waals surface area contributed by atoms with Crippen LogP contribution in [0, 0.1) is 23.3 Å². The Bertz CT molecular complexity index is 1640. The normalized spacial score (nSPS) is 11.4. The number of aromatic nitrogens is 6. The first kappa shape index (κ1) is 21.4. The molecule has 3 heterocycles. The fourth-order valence-electron chi connectivity index (χ4n) is 3.80. The zero-order valence-electron chi connectivity index (χ0n) is 17.5. The van der Waals surface area contributed by atoms with E-state index in [0.717, 1.165) is 27.7 Å². The molecule has 0 aliphatic heterocycles. The predicted octanol–water partition coefficient (Wildman–Crippen LogP) is 3.17. The van der Waals surface area contributed by atoms with Crippen molar-refractivity contribution < 1.29 is 17.6 Å². The largest absolute Gasteiger partial charge is 0.383 e. The SMILES string of the molecule is Cn1cc(-c2ccc(-n3ncn(Cc4c(F)ccc(F)c4F)c3=O)cc2F)c2c(N)ncnc21. The highest BCUT2D eigenvalue weighted by atomic mass is 19.2. The van der Waals surface area contributed by atoms with Crippen molar-refractivity contribution in [3.05, 3.63) is 88.5 Å². The van der Waals surface area contributed by atoms with Crippen LogP contribution in [0.4, 0.5) is 23.4 Å². The zero-order chi connectivity index (χ0) is 24.1. The van der Waals surface area contributed by atoms with Crippen LogP contribution in [0.2, 0.25) is 0 Å². The van der Waals surface area contributed by atoms with Gasteiger partial charge >= 0.3 is 5.69 Å². The summed E-state index contributed by atoms with van der Waals surface area (Å²) >= 11 is 0. The van der Waals surface area contributed by atoms with Crippen LogP contribution in [-0.4, -0.2) is 28.9 Å². The fourth-order valence-corrected chi connectivity index (χ4v) is 3.80. The van der Waals surface area contributed by atoms with Gasteiger partial charge in [0, 0.05) is 36.0 Å². The lowest BCUT2D eigenvalue weighted by atomic mass is 10.0. The number of benzene rings is 2. The molecule has 2 N–H and O–H groups in total. The summed E-state index contributed by atoms with van der Waals surface area (Å²) in [6.07, 6.45) is 4.00. The Morgan fingerprint density at radius 1 is 0.971 bits per heavy atom. The van der Waals surface area contributed by atoms with Crippen molar-refractivity contribution in [1.29, 1.82) is 0 Å². The highest BCUT2D eigenvalue weighted by Gasteiger charge is 2.19. The van der Waals surface area contributed by atoms with E-state index in [1.807, 2.05) is 0 Å². The van der Waals surface area contributed by atoms with E-state index < -0.39 is 41.1 Å². The summed E-state index contributed by atoms with van der Waals surface area (Å²) < 4.78 is 60.0. The molecule has 0 unspecified atom stereocenters. The molecule has 0 spiro atoms. The van der Waals surface area contributed by atoms with Crippen molar-refractivity contribution in [2.75, 3.05) is 5.73 Å². The minimum Gasteiger partial charge on any atom is -0.383 e. The van der Waals surface area contributed by atoms with Crippen LogP contribution in [0.1, 0.15) is 5.56 Å². The number of aryl methyl sites for hydroxylation is 1. The number of nitrogens with zero attached hydrogens (tertiary/aromatic N) is 6.